The van der Waals surface area contributed by atoms with Crippen molar-refractivity contribution >= 4 is 15.9 Å². The van der Waals surface area contributed by atoms with Gasteiger partial charge < -0.3 is 0 Å². The zero-order valence-corrected chi connectivity index (χ0v) is 6.62. The first-order chi connectivity index (χ1) is 4.33. The summed E-state index contributed by atoms with van der Waals surface area (Å²) < 4.78 is 12.3. The molecule has 0 atom stereocenters. The molecule has 1 rings (SSSR count). The second-order valence-electron chi connectivity index (χ2n) is 2.07. The van der Waals surface area contributed by atoms with Gasteiger partial charge in [-0.3, -0.25) is 0 Å². The zero-order valence-electron chi connectivity index (χ0n) is 5.03. The van der Waals surface area contributed by atoms with E-state index in [0.717, 1.165) is 11.8 Å². The van der Waals surface area contributed by atoms with E-state index in [1.807, 2.05) is 6.08 Å². The number of hydrogen-bond acceptors (Lipinski definition) is 0. The van der Waals surface area contributed by atoms with Crippen molar-refractivity contribution < 1.29 is 4.39 Å². The van der Waals surface area contributed by atoms with E-state index in [9.17, 15) is 4.39 Å². The Kier molecular flexibility index (Phi) is 2.46. The molecule has 50 valence electrons. The first-order valence-electron chi connectivity index (χ1n) is 2.93. The van der Waals surface area contributed by atoms with Crippen LogP contribution in [0.1, 0.15) is 12.8 Å². The van der Waals surface area contributed by atoms with Gasteiger partial charge in [0.1, 0.15) is 5.83 Å². The molecule has 0 spiro atoms. The molecule has 0 bridgehead atoms. The van der Waals surface area contributed by atoms with Crippen molar-refractivity contribution in [2.45, 2.75) is 12.8 Å². The molecule has 0 nitrogen and oxygen atoms in total. The smallest absolute Gasteiger partial charge is 0.100 e. The van der Waals surface area contributed by atoms with Crippen LogP contribution in [0.5, 0.6) is 0 Å². The van der Waals surface area contributed by atoms with Crippen molar-refractivity contribution in [2.24, 2.45) is 0 Å². The van der Waals surface area contributed by atoms with Gasteiger partial charge in [-0.05, 0) is 12.5 Å². The molecule has 0 saturated heterocycles. The third-order valence-electron chi connectivity index (χ3n) is 1.36. The quantitative estimate of drug-likeness (QED) is 0.559. The van der Waals surface area contributed by atoms with Gasteiger partial charge in [0, 0.05) is 11.8 Å². The summed E-state index contributed by atoms with van der Waals surface area (Å²) in [6, 6.07) is 0. The fourth-order valence-electron chi connectivity index (χ4n) is 0.766. The summed E-state index contributed by atoms with van der Waals surface area (Å²) in [5, 5.41) is 0.872. The SMILES string of the molecule is FC1=CC=C(CBr)CC1. The minimum atomic E-state index is -0.000278. The molecular formula is C7H8BrF. The summed E-state index contributed by atoms with van der Waals surface area (Å²) in [7, 11) is 0. The molecule has 0 aliphatic heterocycles. The third-order valence-corrected chi connectivity index (χ3v) is 2.08. The molecule has 9 heavy (non-hydrogen) atoms. The van der Waals surface area contributed by atoms with Crippen LogP contribution in [0, 0.1) is 0 Å². The summed E-state index contributed by atoms with van der Waals surface area (Å²) in [5.74, 6) is -0.000278. The van der Waals surface area contributed by atoms with Gasteiger partial charge in [-0.15, -0.1) is 0 Å². The van der Waals surface area contributed by atoms with E-state index in [1.165, 1.54) is 5.57 Å². The first kappa shape index (κ1) is 7.00. The van der Waals surface area contributed by atoms with Crippen LogP contribution in [0.2, 0.25) is 0 Å². The van der Waals surface area contributed by atoms with Crippen molar-refractivity contribution in [3.05, 3.63) is 23.6 Å². The Bertz CT molecular complexity index is 158. The van der Waals surface area contributed by atoms with Crippen LogP contribution >= 0.6 is 15.9 Å². The molecule has 0 amide bonds. The van der Waals surface area contributed by atoms with Crippen molar-refractivity contribution in [3.8, 4) is 0 Å². The second-order valence-corrected chi connectivity index (χ2v) is 2.63. The van der Waals surface area contributed by atoms with E-state index >= 15 is 0 Å². The fourth-order valence-corrected chi connectivity index (χ4v) is 1.23. The maximum atomic E-state index is 12.3. The third kappa shape index (κ3) is 1.94. The Labute approximate surface area is 62.6 Å². The lowest BCUT2D eigenvalue weighted by molar-refractivity contribution is 0.582. The Balaban J connectivity index is 2.59. The van der Waals surface area contributed by atoms with Gasteiger partial charge in [0.25, 0.3) is 0 Å². The molecule has 1 aliphatic rings. The van der Waals surface area contributed by atoms with Crippen LogP contribution in [0.3, 0.4) is 0 Å². The van der Waals surface area contributed by atoms with E-state index < -0.39 is 0 Å². The zero-order chi connectivity index (χ0) is 6.69. The molecule has 0 saturated carbocycles. The molecule has 0 aromatic carbocycles. The molecule has 0 aromatic heterocycles. The molecule has 0 heterocycles. The Hall–Kier alpha value is -0.110. The van der Waals surface area contributed by atoms with Crippen LogP contribution in [0.15, 0.2) is 23.6 Å². The molecular weight excluding hydrogens is 183 g/mol. The molecule has 2 heteroatoms. The Morgan fingerprint density at radius 3 is 2.67 bits per heavy atom. The number of alkyl halides is 1. The molecule has 0 radical (unpaired) electrons. The predicted molar refractivity (Wildman–Crippen MR) is 40.3 cm³/mol. The van der Waals surface area contributed by atoms with E-state index in [1.54, 1.807) is 6.08 Å². The summed E-state index contributed by atoms with van der Waals surface area (Å²) >= 11 is 3.31. The highest BCUT2D eigenvalue weighted by atomic mass is 79.9. The normalized spacial score (nSPS) is 18.9. The fraction of sp³-hybridized carbons (Fsp3) is 0.429. The van der Waals surface area contributed by atoms with Crippen LogP contribution in [0.4, 0.5) is 4.39 Å². The lowest BCUT2D eigenvalue weighted by Crippen LogP contribution is -1.90. The maximum Gasteiger partial charge on any atom is 0.100 e. The Morgan fingerprint density at radius 2 is 2.22 bits per heavy atom. The van der Waals surface area contributed by atoms with Crippen LogP contribution in [-0.2, 0) is 0 Å². The molecule has 0 aromatic rings. The monoisotopic (exact) mass is 190 g/mol. The lowest BCUT2D eigenvalue weighted by atomic mass is 10.1. The number of halogens is 2. The minimum absolute atomic E-state index is 0.000278. The summed E-state index contributed by atoms with van der Waals surface area (Å²) in [6.07, 6.45) is 4.83. The predicted octanol–water partition coefficient (Wildman–Crippen LogP) is 2.95. The number of rotatable bonds is 1. The summed E-state index contributed by atoms with van der Waals surface area (Å²) in [6.45, 7) is 0. The standard InChI is InChI=1S/C7H8BrF/c8-5-6-1-3-7(9)4-2-6/h1,3H,2,4-5H2. The van der Waals surface area contributed by atoms with Crippen LogP contribution in [-0.4, -0.2) is 5.33 Å². The van der Waals surface area contributed by atoms with Crippen LogP contribution in [0.25, 0.3) is 0 Å². The van der Waals surface area contributed by atoms with Gasteiger partial charge in [0.15, 0.2) is 0 Å². The highest BCUT2D eigenvalue weighted by Crippen LogP contribution is 2.19. The van der Waals surface area contributed by atoms with Crippen molar-refractivity contribution in [2.75, 3.05) is 5.33 Å². The molecule has 0 fully saturated rings. The minimum Gasteiger partial charge on any atom is -0.212 e. The van der Waals surface area contributed by atoms with Crippen molar-refractivity contribution in [1.29, 1.82) is 0 Å². The molecule has 1 aliphatic carbocycles. The number of allylic oxidation sites excluding steroid dienone is 4. The molecule has 0 N–H and O–H groups in total. The lowest BCUT2D eigenvalue weighted by Gasteiger charge is -2.05. The van der Waals surface area contributed by atoms with Crippen molar-refractivity contribution in [3.63, 3.8) is 0 Å². The highest BCUT2D eigenvalue weighted by Gasteiger charge is 2.02. The summed E-state index contributed by atoms with van der Waals surface area (Å²) in [5.41, 5.74) is 1.27. The average molecular weight is 191 g/mol. The van der Waals surface area contributed by atoms with E-state index in [4.69, 9.17) is 0 Å². The maximum absolute atomic E-state index is 12.3. The second kappa shape index (κ2) is 3.16. The van der Waals surface area contributed by atoms with Gasteiger partial charge in [-0.1, -0.05) is 27.6 Å². The Morgan fingerprint density at radius 1 is 1.44 bits per heavy atom. The van der Waals surface area contributed by atoms with Crippen LogP contribution < -0.4 is 0 Å². The van der Waals surface area contributed by atoms with Gasteiger partial charge >= 0.3 is 0 Å². The van der Waals surface area contributed by atoms with E-state index in [0.29, 0.717) is 6.42 Å². The first-order valence-corrected chi connectivity index (χ1v) is 4.05. The largest absolute Gasteiger partial charge is 0.212 e. The number of hydrogen-bond donors (Lipinski definition) is 0. The van der Waals surface area contributed by atoms with Crippen molar-refractivity contribution in [1.82, 2.24) is 0 Å². The van der Waals surface area contributed by atoms with Gasteiger partial charge in [-0.25, -0.2) is 4.39 Å². The van der Waals surface area contributed by atoms with Gasteiger partial charge in [0.05, 0.1) is 0 Å². The molecule has 0 unspecified atom stereocenters. The average Bonchev–Trinajstić information content (AvgIpc) is 1.90. The van der Waals surface area contributed by atoms with E-state index in [2.05, 4.69) is 15.9 Å². The van der Waals surface area contributed by atoms with Gasteiger partial charge in [0.2, 0.25) is 0 Å². The summed E-state index contributed by atoms with van der Waals surface area (Å²) in [4.78, 5) is 0. The topological polar surface area (TPSA) is 0 Å². The van der Waals surface area contributed by atoms with Gasteiger partial charge in [-0.2, -0.15) is 0 Å². The highest BCUT2D eigenvalue weighted by molar-refractivity contribution is 9.09. The van der Waals surface area contributed by atoms with E-state index in [-0.39, 0.29) is 5.83 Å².